The molecule has 0 fully saturated rings. The maximum Gasteiger partial charge on any atom is 0.347 e. The Kier molecular flexibility index (Phi) is 6.01. The van der Waals surface area contributed by atoms with Crippen LogP contribution in [-0.4, -0.2) is 36.4 Å². The molecule has 1 aromatic heterocycles. The SMILES string of the molecule is CCOC(=O)C(=CN(CC)n1ccc2ccccc21)C(=O)OCC. The number of carbonyl (C=O) groups is 2. The number of esters is 2. The number of para-hydroxylation sites is 1. The minimum absolute atomic E-state index is 0.127. The van der Waals surface area contributed by atoms with Gasteiger partial charge in [-0.3, -0.25) is 9.69 Å². The van der Waals surface area contributed by atoms with Crippen molar-refractivity contribution < 1.29 is 19.1 Å². The Balaban J connectivity index is 2.43. The van der Waals surface area contributed by atoms with Crippen LogP contribution in [0, 0.1) is 0 Å². The van der Waals surface area contributed by atoms with Crippen molar-refractivity contribution in [2.24, 2.45) is 0 Å². The second kappa shape index (κ2) is 8.19. The third-order valence-electron chi connectivity index (χ3n) is 3.45. The number of rotatable bonds is 7. The maximum atomic E-state index is 12.1. The van der Waals surface area contributed by atoms with Crippen molar-refractivity contribution in [2.75, 3.05) is 24.8 Å². The van der Waals surface area contributed by atoms with Crippen LogP contribution in [0.25, 0.3) is 10.9 Å². The van der Waals surface area contributed by atoms with Gasteiger partial charge >= 0.3 is 11.9 Å². The van der Waals surface area contributed by atoms with Gasteiger partial charge in [-0.2, -0.15) is 0 Å². The lowest BCUT2D eigenvalue weighted by Crippen LogP contribution is -2.31. The average molecular weight is 330 g/mol. The van der Waals surface area contributed by atoms with Gasteiger partial charge in [-0.25, -0.2) is 9.59 Å². The summed E-state index contributed by atoms with van der Waals surface area (Å²) in [5.74, 6) is -1.38. The highest BCUT2D eigenvalue weighted by Gasteiger charge is 2.22. The van der Waals surface area contributed by atoms with Gasteiger partial charge in [-0.1, -0.05) is 18.2 Å². The highest BCUT2D eigenvalue weighted by molar-refractivity contribution is 6.14. The highest BCUT2D eigenvalue weighted by atomic mass is 16.6. The van der Waals surface area contributed by atoms with Crippen LogP contribution in [0.5, 0.6) is 0 Å². The van der Waals surface area contributed by atoms with Crippen molar-refractivity contribution in [3.63, 3.8) is 0 Å². The quantitative estimate of drug-likeness (QED) is 0.338. The highest BCUT2D eigenvalue weighted by Crippen LogP contribution is 2.16. The van der Waals surface area contributed by atoms with Crippen LogP contribution in [0.1, 0.15) is 20.8 Å². The molecule has 0 saturated heterocycles. The molecule has 24 heavy (non-hydrogen) atoms. The van der Waals surface area contributed by atoms with E-state index in [1.54, 1.807) is 18.9 Å². The Morgan fingerprint density at radius 1 is 1.04 bits per heavy atom. The van der Waals surface area contributed by atoms with Crippen molar-refractivity contribution in [1.29, 1.82) is 0 Å². The van der Waals surface area contributed by atoms with Gasteiger partial charge in [0.1, 0.15) is 0 Å². The van der Waals surface area contributed by atoms with Crippen molar-refractivity contribution >= 4 is 22.8 Å². The lowest BCUT2D eigenvalue weighted by Gasteiger charge is -2.22. The fourth-order valence-electron chi connectivity index (χ4n) is 2.35. The standard InChI is InChI=1S/C18H22N2O4/c1-4-19(20-12-11-14-9-7-8-10-16(14)20)13-15(17(21)23-5-2)18(22)24-6-3/h7-13H,4-6H2,1-3H3. The summed E-state index contributed by atoms with van der Waals surface area (Å²) in [5.41, 5.74) is 0.848. The Labute approximate surface area is 141 Å². The third-order valence-corrected chi connectivity index (χ3v) is 3.45. The molecule has 6 nitrogen and oxygen atoms in total. The van der Waals surface area contributed by atoms with E-state index in [2.05, 4.69) is 0 Å². The second-order valence-corrected chi connectivity index (χ2v) is 4.96. The number of benzene rings is 1. The van der Waals surface area contributed by atoms with Crippen LogP contribution in [0.4, 0.5) is 0 Å². The molecule has 0 aliphatic carbocycles. The van der Waals surface area contributed by atoms with E-state index in [1.165, 1.54) is 6.20 Å². The molecule has 0 amide bonds. The smallest absolute Gasteiger partial charge is 0.347 e. The summed E-state index contributed by atoms with van der Waals surface area (Å²) in [6, 6.07) is 9.84. The van der Waals surface area contributed by atoms with E-state index in [9.17, 15) is 9.59 Å². The van der Waals surface area contributed by atoms with E-state index in [0.717, 1.165) is 10.9 Å². The molecule has 0 atom stereocenters. The molecule has 0 saturated carbocycles. The minimum atomic E-state index is -0.689. The van der Waals surface area contributed by atoms with Crippen molar-refractivity contribution in [1.82, 2.24) is 4.68 Å². The topological polar surface area (TPSA) is 60.8 Å². The largest absolute Gasteiger partial charge is 0.462 e. The predicted octanol–water partition coefficient (Wildman–Crippen LogP) is 2.61. The van der Waals surface area contributed by atoms with E-state index < -0.39 is 11.9 Å². The third kappa shape index (κ3) is 3.76. The van der Waals surface area contributed by atoms with Crippen LogP contribution in [0.2, 0.25) is 0 Å². The molecule has 0 N–H and O–H groups in total. The predicted molar refractivity (Wildman–Crippen MR) is 92.0 cm³/mol. The summed E-state index contributed by atoms with van der Waals surface area (Å²) in [6.07, 6.45) is 3.36. The monoisotopic (exact) mass is 330 g/mol. The normalized spacial score (nSPS) is 10.3. The van der Waals surface area contributed by atoms with Gasteiger partial charge in [-0.15, -0.1) is 0 Å². The number of aromatic nitrogens is 1. The van der Waals surface area contributed by atoms with E-state index >= 15 is 0 Å². The van der Waals surface area contributed by atoms with Gasteiger partial charge in [0, 0.05) is 24.3 Å². The van der Waals surface area contributed by atoms with Crippen LogP contribution < -0.4 is 5.01 Å². The fourth-order valence-corrected chi connectivity index (χ4v) is 2.35. The molecule has 1 aromatic carbocycles. The number of nitrogens with zero attached hydrogens (tertiary/aromatic N) is 2. The molecular weight excluding hydrogens is 308 g/mol. The lowest BCUT2D eigenvalue weighted by molar-refractivity contribution is -0.146. The van der Waals surface area contributed by atoms with Gasteiger partial charge in [0.2, 0.25) is 0 Å². The Morgan fingerprint density at radius 2 is 1.67 bits per heavy atom. The summed E-state index contributed by atoms with van der Waals surface area (Å²) in [5, 5.41) is 2.84. The number of fused-ring (bicyclic) bond motifs is 1. The molecular formula is C18H22N2O4. The number of ether oxygens (including phenoxy) is 2. The summed E-state index contributed by atoms with van der Waals surface area (Å²) in [7, 11) is 0. The first-order valence-electron chi connectivity index (χ1n) is 8.01. The van der Waals surface area contributed by atoms with Crippen LogP contribution in [0.15, 0.2) is 48.3 Å². The second-order valence-electron chi connectivity index (χ2n) is 4.96. The average Bonchev–Trinajstić information content (AvgIpc) is 3.00. The van der Waals surface area contributed by atoms with Crippen molar-refractivity contribution in [3.05, 3.63) is 48.3 Å². The molecule has 0 spiro atoms. The molecule has 0 bridgehead atoms. The molecule has 6 heteroatoms. The zero-order valence-corrected chi connectivity index (χ0v) is 14.2. The fraction of sp³-hybridized carbons (Fsp3) is 0.333. The van der Waals surface area contributed by atoms with Crippen LogP contribution in [0.3, 0.4) is 0 Å². The number of carbonyl (C=O) groups excluding carboxylic acids is 2. The van der Waals surface area contributed by atoms with E-state index in [1.807, 2.05) is 48.1 Å². The van der Waals surface area contributed by atoms with Crippen LogP contribution in [-0.2, 0) is 19.1 Å². The van der Waals surface area contributed by atoms with Gasteiger partial charge in [0.05, 0.1) is 18.7 Å². The maximum absolute atomic E-state index is 12.1. The lowest BCUT2D eigenvalue weighted by atomic mass is 10.2. The van der Waals surface area contributed by atoms with Crippen molar-refractivity contribution in [3.8, 4) is 0 Å². The Morgan fingerprint density at radius 3 is 2.25 bits per heavy atom. The Bertz CT molecular complexity index is 728. The molecule has 0 aliphatic rings. The molecule has 0 unspecified atom stereocenters. The number of hydrogen-bond donors (Lipinski definition) is 0. The molecule has 1 heterocycles. The molecule has 2 rings (SSSR count). The molecule has 0 aliphatic heterocycles. The zero-order chi connectivity index (χ0) is 17.5. The molecule has 128 valence electrons. The summed E-state index contributed by atoms with van der Waals surface area (Å²) < 4.78 is 11.8. The first-order valence-corrected chi connectivity index (χ1v) is 8.01. The summed E-state index contributed by atoms with van der Waals surface area (Å²) >= 11 is 0. The van der Waals surface area contributed by atoms with Gasteiger partial charge in [0.25, 0.3) is 0 Å². The van der Waals surface area contributed by atoms with Gasteiger partial charge in [-0.05, 0) is 32.9 Å². The minimum Gasteiger partial charge on any atom is -0.462 e. The first-order chi connectivity index (χ1) is 11.6. The van der Waals surface area contributed by atoms with Crippen LogP contribution >= 0.6 is 0 Å². The zero-order valence-electron chi connectivity index (χ0n) is 14.2. The number of hydrogen-bond acceptors (Lipinski definition) is 5. The van der Waals surface area contributed by atoms with Gasteiger partial charge < -0.3 is 9.47 Å². The summed E-state index contributed by atoms with van der Waals surface area (Å²) in [6.45, 7) is 6.25. The van der Waals surface area contributed by atoms with E-state index in [0.29, 0.717) is 6.54 Å². The summed E-state index contributed by atoms with van der Waals surface area (Å²) in [4.78, 5) is 24.2. The molecule has 0 radical (unpaired) electrons. The Hall–Kier alpha value is -2.76. The first kappa shape index (κ1) is 17.6. The van der Waals surface area contributed by atoms with Crippen molar-refractivity contribution in [2.45, 2.75) is 20.8 Å². The molecule has 2 aromatic rings. The van der Waals surface area contributed by atoms with E-state index in [-0.39, 0.29) is 18.8 Å². The van der Waals surface area contributed by atoms with Gasteiger partial charge in [0.15, 0.2) is 5.57 Å². The van der Waals surface area contributed by atoms with E-state index in [4.69, 9.17) is 9.47 Å².